The molecule has 142 valence electrons. The predicted molar refractivity (Wildman–Crippen MR) is 80.7 cm³/mol. The van der Waals surface area contributed by atoms with Gasteiger partial charge >= 0.3 is 0 Å². The van der Waals surface area contributed by atoms with Crippen LogP contribution in [0.1, 0.15) is 19.8 Å². The molecule has 0 aromatic rings. The fraction of sp³-hybridized carbons (Fsp3) is 0.812. The fourth-order valence-corrected chi connectivity index (χ4v) is 3.98. The fourth-order valence-electron chi connectivity index (χ4n) is 3.98. The van der Waals surface area contributed by atoms with Crippen LogP contribution >= 0.6 is 0 Å². The maximum atomic E-state index is 11.2. The molecule has 1 saturated heterocycles. The third-order valence-corrected chi connectivity index (χ3v) is 5.51. The molecule has 1 saturated carbocycles. The number of aliphatic hydroxyl groups excluding tert-OH is 4. The topological polar surface area (TPSA) is 146 Å². The number of hydrogen-bond acceptors (Lipinski definition) is 9. The van der Waals surface area contributed by atoms with E-state index in [9.17, 15) is 30.3 Å². The molecule has 0 radical (unpaired) electrons. The maximum absolute atomic E-state index is 11.2. The summed E-state index contributed by atoms with van der Waals surface area (Å²) in [4.78, 5) is 11.2. The molecule has 9 atom stereocenters. The highest BCUT2D eigenvalue weighted by Gasteiger charge is 2.56. The summed E-state index contributed by atoms with van der Waals surface area (Å²) in [7, 11) is 0. The van der Waals surface area contributed by atoms with Crippen molar-refractivity contribution in [3.63, 3.8) is 0 Å². The number of aldehydes is 1. The van der Waals surface area contributed by atoms with E-state index < -0.39 is 55.1 Å². The highest BCUT2D eigenvalue weighted by molar-refractivity contribution is 5.76. The van der Waals surface area contributed by atoms with Crippen molar-refractivity contribution in [2.24, 2.45) is 11.8 Å². The predicted octanol–water partition coefficient (Wildman–Crippen LogP) is -1.98. The van der Waals surface area contributed by atoms with E-state index >= 15 is 0 Å². The van der Waals surface area contributed by atoms with E-state index in [1.807, 2.05) is 6.92 Å². The molecule has 0 spiro atoms. The standard InChI is InChI=1S/C16H24O9/c1-7-2-3-16(22)8(4-17)6-23-14(10(7)16)25-15-13(21)12(20)11(19)9(5-18)24-15/h4,6-7,9-15,18-22H,2-3,5H2,1H3/t7?,9?,10-,11?,12?,13?,14?,15?,16-/m0/s1. The lowest BCUT2D eigenvalue weighted by atomic mass is 9.80. The second-order valence-electron chi connectivity index (χ2n) is 6.99. The van der Waals surface area contributed by atoms with Gasteiger partial charge in [-0.15, -0.1) is 0 Å². The van der Waals surface area contributed by atoms with Gasteiger partial charge in [0, 0.05) is 0 Å². The van der Waals surface area contributed by atoms with Gasteiger partial charge in [-0.2, -0.15) is 0 Å². The Kier molecular flexibility index (Phi) is 5.18. The first-order valence-electron chi connectivity index (χ1n) is 8.33. The number of hydrogen-bond donors (Lipinski definition) is 5. The van der Waals surface area contributed by atoms with E-state index in [0.29, 0.717) is 19.1 Å². The molecule has 1 aliphatic carbocycles. The van der Waals surface area contributed by atoms with Crippen LogP contribution in [0.2, 0.25) is 0 Å². The van der Waals surface area contributed by atoms with E-state index in [-0.39, 0.29) is 11.5 Å². The molecule has 25 heavy (non-hydrogen) atoms. The first-order valence-corrected chi connectivity index (χ1v) is 8.33. The molecule has 0 aromatic carbocycles. The van der Waals surface area contributed by atoms with Gasteiger partial charge in [0.05, 0.1) is 24.4 Å². The lowest BCUT2D eigenvalue weighted by Gasteiger charge is -2.44. The molecular weight excluding hydrogens is 336 g/mol. The van der Waals surface area contributed by atoms with Crippen molar-refractivity contribution in [3.8, 4) is 0 Å². The van der Waals surface area contributed by atoms with E-state index in [1.165, 1.54) is 0 Å². The normalized spacial score (nSPS) is 49.9. The van der Waals surface area contributed by atoms with Crippen LogP contribution in [0.25, 0.3) is 0 Å². The molecule has 3 rings (SSSR count). The molecule has 0 bridgehead atoms. The third-order valence-electron chi connectivity index (χ3n) is 5.51. The maximum Gasteiger partial charge on any atom is 0.207 e. The van der Waals surface area contributed by atoms with Crippen LogP contribution in [0.5, 0.6) is 0 Å². The van der Waals surface area contributed by atoms with Gasteiger partial charge in [0.2, 0.25) is 6.29 Å². The van der Waals surface area contributed by atoms with Gasteiger partial charge < -0.3 is 39.7 Å². The minimum atomic E-state index is -1.57. The van der Waals surface area contributed by atoms with Gasteiger partial charge in [0.15, 0.2) is 12.6 Å². The third kappa shape index (κ3) is 2.99. The van der Waals surface area contributed by atoms with Crippen molar-refractivity contribution < 1.29 is 44.5 Å². The van der Waals surface area contributed by atoms with Gasteiger partial charge in [0.1, 0.15) is 30.0 Å². The number of rotatable bonds is 4. The van der Waals surface area contributed by atoms with Gasteiger partial charge in [-0.05, 0) is 18.8 Å². The van der Waals surface area contributed by atoms with Gasteiger partial charge in [-0.3, -0.25) is 4.79 Å². The second-order valence-corrected chi connectivity index (χ2v) is 6.99. The smallest absolute Gasteiger partial charge is 0.207 e. The van der Waals surface area contributed by atoms with Crippen molar-refractivity contribution >= 4 is 6.29 Å². The van der Waals surface area contributed by atoms with Gasteiger partial charge in [0.25, 0.3) is 0 Å². The Morgan fingerprint density at radius 2 is 2.00 bits per heavy atom. The summed E-state index contributed by atoms with van der Waals surface area (Å²) in [5.74, 6) is -0.589. The number of ether oxygens (including phenoxy) is 3. The number of carbonyl (C=O) groups excluding carboxylic acids is 1. The summed E-state index contributed by atoms with van der Waals surface area (Å²) in [6.07, 6.45) is -5.40. The van der Waals surface area contributed by atoms with Gasteiger partial charge in [-0.1, -0.05) is 6.92 Å². The molecule has 0 aromatic heterocycles. The second kappa shape index (κ2) is 6.92. The molecule has 9 nitrogen and oxygen atoms in total. The zero-order valence-electron chi connectivity index (χ0n) is 13.8. The van der Waals surface area contributed by atoms with Crippen LogP contribution in [0.3, 0.4) is 0 Å². The summed E-state index contributed by atoms with van der Waals surface area (Å²) in [5, 5.41) is 49.9. The van der Waals surface area contributed by atoms with E-state index in [2.05, 4.69) is 0 Å². The van der Waals surface area contributed by atoms with Crippen LogP contribution in [-0.4, -0.2) is 81.0 Å². The summed E-state index contributed by atoms with van der Waals surface area (Å²) in [5.41, 5.74) is -1.26. The minimum absolute atomic E-state index is 0.0245. The summed E-state index contributed by atoms with van der Waals surface area (Å²) >= 11 is 0. The van der Waals surface area contributed by atoms with Crippen molar-refractivity contribution in [3.05, 3.63) is 11.8 Å². The zero-order chi connectivity index (χ0) is 18.4. The lowest BCUT2D eigenvalue weighted by Crippen LogP contribution is -2.61. The SMILES string of the molecule is CC1CC[C@]2(O)C(C=O)=COC(OC3OC(CO)C(O)C(O)C3O)[C@H]12. The van der Waals surface area contributed by atoms with Crippen molar-refractivity contribution in [2.75, 3.05) is 6.61 Å². The molecule has 3 aliphatic rings. The first kappa shape index (κ1) is 18.7. The van der Waals surface area contributed by atoms with Crippen LogP contribution in [0, 0.1) is 11.8 Å². The molecular formula is C16H24O9. The average molecular weight is 360 g/mol. The van der Waals surface area contributed by atoms with E-state index in [4.69, 9.17) is 14.2 Å². The quantitative estimate of drug-likeness (QED) is 0.360. The molecule has 2 aliphatic heterocycles. The zero-order valence-corrected chi connectivity index (χ0v) is 13.8. The molecule has 2 heterocycles. The molecule has 2 fully saturated rings. The van der Waals surface area contributed by atoms with Crippen molar-refractivity contribution in [2.45, 2.75) is 62.4 Å². The largest absolute Gasteiger partial charge is 0.471 e. The van der Waals surface area contributed by atoms with E-state index in [0.717, 1.165) is 6.26 Å². The Balaban J connectivity index is 1.80. The summed E-state index contributed by atoms with van der Waals surface area (Å²) in [6.45, 7) is 1.32. The number of carbonyl (C=O) groups is 1. The first-order chi connectivity index (χ1) is 11.8. The molecule has 0 amide bonds. The van der Waals surface area contributed by atoms with Gasteiger partial charge in [-0.25, -0.2) is 0 Å². The number of fused-ring (bicyclic) bond motifs is 1. The van der Waals surface area contributed by atoms with E-state index in [1.54, 1.807) is 0 Å². The number of aliphatic hydroxyl groups is 5. The summed E-state index contributed by atoms with van der Waals surface area (Å²) in [6, 6.07) is 0. The molecule has 5 N–H and O–H groups in total. The Hall–Kier alpha value is -1.07. The highest BCUT2D eigenvalue weighted by atomic mass is 16.8. The minimum Gasteiger partial charge on any atom is -0.471 e. The monoisotopic (exact) mass is 360 g/mol. The Labute approximate surface area is 144 Å². The Bertz CT molecular complexity index is 536. The molecule has 7 unspecified atom stereocenters. The van der Waals surface area contributed by atoms with Crippen LogP contribution in [-0.2, 0) is 19.0 Å². The van der Waals surface area contributed by atoms with Crippen molar-refractivity contribution in [1.29, 1.82) is 0 Å². The highest BCUT2D eigenvalue weighted by Crippen LogP contribution is 2.49. The average Bonchev–Trinajstić information content (AvgIpc) is 2.91. The summed E-state index contributed by atoms with van der Waals surface area (Å²) < 4.78 is 16.4. The molecule has 9 heteroatoms. The van der Waals surface area contributed by atoms with Crippen LogP contribution in [0.4, 0.5) is 0 Å². The Morgan fingerprint density at radius 3 is 2.64 bits per heavy atom. The van der Waals surface area contributed by atoms with Crippen LogP contribution in [0.15, 0.2) is 11.8 Å². The lowest BCUT2D eigenvalue weighted by molar-refractivity contribution is -0.346. The van der Waals surface area contributed by atoms with Crippen molar-refractivity contribution in [1.82, 2.24) is 0 Å². The Morgan fingerprint density at radius 1 is 1.28 bits per heavy atom. The van der Waals surface area contributed by atoms with Crippen LogP contribution < -0.4 is 0 Å².